The molecular formula is C19H17N3O3. The zero-order valence-corrected chi connectivity index (χ0v) is 13.7. The molecule has 0 bridgehead atoms. The number of nitrogens with one attached hydrogen (secondary N) is 2. The molecule has 0 aliphatic heterocycles. The Labute approximate surface area is 145 Å². The van der Waals surface area contributed by atoms with E-state index in [2.05, 4.69) is 35.1 Å². The van der Waals surface area contributed by atoms with Gasteiger partial charge in [-0.25, -0.2) is 15.9 Å². The quantitative estimate of drug-likeness (QED) is 0.519. The number of nitrogens with zero attached hydrogens (tertiary/aromatic N) is 1. The Bertz CT molecular complexity index is 850. The summed E-state index contributed by atoms with van der Waals surface area (Å²) in [6.45, 7) is 2.08. The highest BCUT2D eigenvalue weighted by Crippen LogP contribution is 2.20. The van der Waals surface area contributed by atoms with Gasteiger partial charge in [0.2, 0.25) is 0 Å². The smallest absolute Gasteiger partial charge is 0.192 e. The summed E-state index contributed by atoms with van der Waals surface area (Å²) in [6, 6.07) is 15.3. The molecule has 6 nitrogen and oxygen atoms in total. The summed E-state index contributed by atoms with van der Waals surface area (Å²) in [4.78, 5) is 14.0. The molecule has 0 unspecified atom stereocenters. The van der Waals surface area contributed by atoms with Crippen LogP contribution in [0, 0.1) is 12.2 Å². The molecule has 6 heteroatoms. The van der Waals surface area contributed by atoms with Crippen molar-refractivity contribution in [1.82, 2.24) is 4.98 Å². The Morgan fingerprint density at radius 1 is 1.00 bits per heavy atom. The topological polar surface area (TPSA) is 68.5 Å². The number of benzene rings is 2. The van der Waals surface area contributed by atoms with E-state index >= 15 is 0 Å². The monoisotopic (exact) mass is 335 g/mol. The second kappa shape index (κ2) is 8.31. The second-order valence-corrected chi connectivity index (χ2v) is 5.07. The molecule has 0 fully saturated rings. The SMILES string of the molecule is CCc1ccccc1NOC#CONc1ccc(-c2cnco2)cc1. The summed E-state index contributed by atoms with van der Waals surface area (Å²) in [6.07, 6.45) is 8.79. The van der Waals surface area contributed by atoms with Crippen LogP contribution in [0.5, 0.6) is 0 Å². The van der Waals surface area contributed by atoms with Crippen molar-refractivity contribution in [3.05, 3.63) is 66.7 Å². The summed E-state index contributed by atoms with van der Waals surface area (Å²) in [5.41, 5.74) is 9.21. The maximum atomic E-state index is 5.23. The van der Waals surface area contributed by atoms with E-state index in [0.29, 0.717) is 5.76 Å². The van der Waals surface area contributed by atoms with Crippen molar-refractivity contribution >= 4 is 11.4 Å². The maximum absolute atomic E-state index is 5.23. The first kappa shape index (κ1) is 16.3. The summed E-state index contributed by atoms with van der Waals surface area (Å²) in [5.74, 6) is 0.707. The van der Waals surface area contributed by atoms with Gasteiger partial charge in [-0.1, -0.05) is 25.1 Å². The van der Waals surface area contributed by atoms with Crippen LogP contribution in [0.4, 0.5) is 11.4 Å². The lowest BCUT2D eigenvalue weighted by Gasteiger charge is -2.06. The van der Waals surface area contributed by atoms with Crippen LogP contribution in [0.25, 0.3) is 11.3 Å². The third-order valence-electron chi connectivity index (χ3n) is 3.47. The number of aromatic nitrogens is 1. The highest BCUT2D eigenvalue weighted by molar-refractivity contribution is 5.60. The zero-order valence-electron chi connectivity index (χ0n) is 13.7. The van der Waals surface area contributed by atoms with Gasteiger partial charge < -0.3 is 14.1 Å². The molecule has 0 atom stereocenters. The maximum Gasteiger partial charge on any atom is 0.192 e. The Hall–Kier alpha value is -3.59. The fraction of sp³-hybridized carbons (Fsp3) is 0.105. The number of anilines is 2. The Kier molecular flexibility index (Phi) is 5.41. The molecule has 3 aromatic rings. The van der Waals surface area contributed by atoms with Gasteiger partial charge in [-0.05, 0) is 42.3 Å². The van der Waals surface area contributed by atoms with Crippen LogP contribution < -0.4 is 11.0 Å². The van der Waals surface area contributed by atoms with E-state index in [1.54, 1.807) is 6.20 Å². The predicted molar refractivity (Wildman–Crippen MR) is 95.0 cm³/mol. The lowest BCUT2D eigenvalue weighted by molar-refractivity contribution is 0.327. The predicted octanol–water partition coefficient (Wildman–Crippen LogP) is 4.21. The molecule has 0 saturated carbocycles. The van der Waals surface area contributed by atoms with Gasteiger partial charge in [0.1, 0.15) is 0 Å². The van der Waals surface area contributed by atoms with Crippen LogP contribution in [0.3, 0.4) is 0 Å². The average molecular weight is 335 g/mol. The van der Waals surface area contributed by atoms with E-state index in [9.17, 15) is 0 Å². The van der Waals surface area contributed by atoms with E-state index in [4.69, 9.17) is 14.1 Å². The van der Waals surface area contributed by atoms with Gasteiger partial charge in [-0.2, -0.15) is 0 Å². The Morgan fingerprint density at radius 2 is 1.76 bits per heavy atom. The van der Waals surface area contributed by atoms with Crippen LogP contribution in [0.1, 0.15) is 12.5 Å². The first-order valence-electron chi connectivity index (χ1n) is 7.77. The molecule has 0 spiro atoms. The molecule has 126 valence electrons. The second-order valence-electron chi connectivity index (χ2n) is 5.07. The van der Waals surface area contributed by atoms with Crippen LogP contribution in [0.15, 0.2) is 65.5 Å². The lowest BCUT2D eigenvalue weighted by atomic mass is 10.1. The number of rotatable bonds is 6. The third kappa shape index (κ3) is 4.45. The van der Waals surface area contributed by atoms with Gasteiger partial charge in [0, 0.05) is 5.56 Å². The molecule has 3 rings (SSSR count). The number of aryl methyl sites for hydroxylation is 1. The Balaban J connectivity index is 1.45. The number of para-hydroxylation sites is 1. The van der Waals surface area contributed by atoms with Crippen molar-refractivity contribution in [2.24, 2.45) is 0 Å². The van der Waals surface area contributed by atoms with Crippen molar-refractivity contribution in [3.63, 3.8) is 0 Å². The fourth-order valence-electron chi connectivity index (χ4n) is 2.20. The van der Waals surface area contributed by atoms with Crippen LogP contribution in [-0.4, -0.2) is 4.98 Å². The van der Waals surface area contributed by atoms with Crippen LogP contribution >= 0.6 is 0 Å². The van der Waals surface area contributed by atoms with E-state index in [0.717, 1.165) is 28.9 Å². The number of hydrogen-bond donors (Lipinski definition) is 2. The largest absolute Gasteiger partial charge is 0.444 e. The molecule has 2 aromatic carbocycles. The summed E-state index contributed by atoms with van der Waals surface area (Å²) in [5, 5.41) is 0. The zero-order chi connectivity index (χ0) is 17.3. The van der Waals surface area contributed by atoms with Crippen molar-refractivity contribution in [1.29, 1.82) is 0 Å². The van der Waals surface area contributed by atoms with Crippen molar-refractivity contribution in [2.75, 3.05) is 11.0 Å². The van der Waals surface area contributed by atoms with Gasteiger partial charge in [0.15, 0.2) is 24.4 Å². The van der Waals surface area contributed by atoms with Gasteiger partial charge in [-0.15, -0.1) is 0 Å². The molecule has 0 saturated heterocycles. The Morgan fingerprint density at radius 3 is 2.48 bits per heavy atom. The molecule has 25 heavy (non-hydrogen) atoms. The minimum atomic E-state index is 0.707. The number of oxazole rings is 1. The van der Waals surface area contributed by atoms with Gasteiger partial charge >= 0.3 is 0 Å². The molecule has 1 heterocycles. The standard InChI is InChI=1S/C19H17N3O3/c1-2-15-5-3-4-6-18(15)22-25-12-11-24-21-17-9-7-16(8-10-17)19-13-20-14-23-19/h3-10,13-14,21-22H,2H2,1H3. The van der Waals surface area contributed by atoms with Crippen molar-refractivity contribution < 1.29 is 14.1 Å². The third-order valence-corrected chi connectivity index (χ3v) is 3.47. The summed E-state index contributed by atoms with van der Waals surface area (Å²) < 4.78 is 5.23. The number of hydrogen-bond acceptors (Lipinski definition) is 6. The molecular weight excluding hydrogens is 318 g/mol. The normalized spacial score (nSPS) is 9.64. The van der Waals surface area contributed by atoms with Gasteiger partial charge in [0.05, 0.1) is 17.6 Å². The first-order chi connectivity index (χ1) is 12.4. The van der Waals surface area contributed by atoms with Crippen molar-refractivity contribution in [2.45, 2.75) is 13.3 Å². The molecule has 0 aliphatic carbocycles. The van der Waals surface area contributed by atoms with Crippen molar-refractivity contribution in [3.8, 4) is 23.5 Å². The summed E-state index contributed by atoms with van der Waals surface area (Å²) >= 11 is 0. The van der Waals surface area contributed by atoms with E-state index in [-0.39, 0.29) is 0 Å². The molecule has 1 aromatic heterocycles. The molecule has 0 amide bonds. The van der Waals surface area contributed by atoms with E-state index in [1.807, 2.05) is 48.5 Å². The highest BCUT2D eigenvalue weighted by Gasteiger charge is 2.01. The first-order valence-corrected chi connectivity index (χ1v) is 7.77. The van der Waals surface area contributed by atoms with Crippen LogP contribution in [0.2, 0.25) is 0 Å². The lowest BCUT2D eigenvalue weighted by Crippen LogP contribution is -2.00. The van der Waals surface area contributed by atoms with E-state index in [1.165, 1.54) is 6.39 Å². The summed E-state index contributed by atoms with van der Waals surface area (Å²) in [7, 11) is 0. The molecule has 0 radical (unpaired) electrons. The van der Waals surface area contributed by atoms with E-state index < -0.39 is 0 Å². The molecule has 2 N–H and O–H groups in total. The highest BCUT2D eigenvalue weighted by atomic mass is 16.7. The molecule has 0 aliphatic rings. The minimum Gasteiger partial charge on any atom is -0.444 e. The average Bonchev–Trinajstić information content (AvgIpc) is 3.20. The van der Waals surface area contributed by atoms with Crippen LogP contribution in [-0.2, 0) is 16.1 Å². The minimum absolute atomic E-state index is 0.707. The van der Waals surface area contributed by atoms with Gasteiger partial charge in [0.25, 0.3) is 0 Å². The fourth-order valence-corrected chi connectivity index (χ4v) is 2.20. The van der Waals surface area contributed by atoms with Gasteiger partial charge in [-0.3, -0.25) is 0 Å².